The number of benzene rings is 1. The summed E-state index contributed by atoms with van der Waals surface area (Å²) in [5, 5.41) is 9.54. The molecule has 0 unspecified atom stereocenters. The Kier molecular flexibility index (Phi) is 1.70. The molecule has 1 fully saturated rings. The molecule has 0 amide bonds. The third-order valence-electron chi connectivity index (χ3n) is 2.30. The van der Waals surface area contributed by atoms with E-state index >= 15 is 0 Å². The molecule has 3 N–H and O–H groups in total. The quantitative estimate of drug-likeness (QED) is 0.626. The van der Waals surface area contributed by atoms with Crippen LogP contribution in [0.3, 0.4) is 0 Å². The molecule has 0 atom stereocenters. The van der Waals surface area contributed by atoms with Crippen LogP contribution in [0, 0.1) is 0 Å². The number of nitrogens with two attached hydrogens (primary N) is 1. The van der Waals surface area contributed by atoms with Crippen molar-refractivity contribution in [3.05, 3.63) is 24.3 Å². The van der Waals surface area contributed by atoms with Crippen molar-refractivity contribution >= 4 is 11.4 Å². The molecular formula is C10H14N2O. The Labute approximate surface area is 77.8 Å². The first-order valence-corrected chi connectivity index (χ1v) is 4.40. The summed E-state index contributed by atoms with van der Waals surface area (Å²) in [6, 6.07) is 7.72. The summed E-state index contributed by atoms with van der Waals surface area (Å²) in [6.07, 6.45) is 0. The van der Waals surface area contributed by atoms with Gasteiger partial charge in [-0.3, -0.25) is 0 Å². The van der Waals surface area contributed by atoms with Gasteiger partial charge in [0.1, 0.15) is 0 Å². The molecule has 0 saturated carbocycles. The minimum absolute atomic E-state index is 0.523. The predicted molar refractivity (Wildman–Crippen MR) is 53.7 cm³/mol. The Morgan fingerprint density at radius 1 is 1.46 bits per heavy atom. The molecule has 0 aromatic heterocycles. The lowest BCUT2D eigenvalue weighted by atomic mass is 9.96. The standard InChI is InChI=1S/C10H14N2O/c1-10(13)6-12(7-10)9-4-2-3-8(11)5-9/h2-5,13H,6-7,11H2,1H3. The van der Waals surface area contributed by atoms with E-state index in [9.17, 15) is 5.11 Å². The van der Waals surface area contributed by atoms with E-state index in [1.165, 1.54) is 0 Å². The molecule has 3 nitrogen and oxygen atoms in total. The van der Waals surface area contributed by atoms with Crippen LogP contribution in [0.2, 0.25) is 0 Å². The lowest BCUT2D eigenvalue weighted by Crippen LogP contribution is -2.60. The normalized spacial score (nSPS) is 19.7. The minimum Gasteiger partial charge on any atom is -0.399 e. The first-order valence-electron chi connectivity index (χ1n) is 4.40. The molecule has 2 rings (SSSR count). The molecule has 3 heteroatoms. The van der Waals surface area contributed by atoms with Gasteiger partial charge in [0, 0.05) is 24.5 Å². The average Bonchev–Trinajstić information content (AvgIpc) is 2.00. The maximum absolute atomic E-state index is 9.54. The molecule has 1 aromatic carbocycles. The molecule has 1 aliphatic heterocycles. The fourth-order valence-corrected chi connectivity index (χ4v) is 1.68. The molecule has 0 radical (unpaired) electrons. The van der Waals surface area contributed by atoms with Gasteiger partial charge in [0.25, 0.3) is 0 Å². The van der Waals surface area contributed by atoms with Crippen LogP contribution in [0.25, 0.3) is 0 Å². The molecule has 0 aliphatic carbocycles. The Balaban J connectivity index is 2.11. The van der Waals surface area contributed by atoms with Crippen LogP contribution in [0.15, 0.2) is 24.3 Å². The number of β-amino-alcohol motifs (C(OH)–C–C–N with tert-alkyl or cyclic N) is 1. The average molecular weight is 178 g/mol. The number of anilines is 2. The third-order valence-corrected chi connectivity index (χ3v) is 2.30. The van der Waals surface area contributed by atoms with Crippen molar-refractivity contribution < 1.29 is 5.11 Å². The van der Waals surface area contributed by atoms with E-state index in [-0.39, 0.29) is 0 Å². The van der Waals surface area contributed by atoms with Crippen molar-refractivity contribution in [2.45, 2.75) is 12.5 Å². The van der Waals surface area contributed by atoms with Gasteiger partial charge >= 0.3 is 0 Å². The van der Waals surface area contributed by atoms with Crippen LogP contribution in [0.5, 0.6) is 0 Å². The van der Waals surface area contributed by atoms with Crippen molar-refractivity contribution in [1.82, 2.24) is 0 Å². The lowest BCUT2D eigenvalue weighted by molar-refractivity contribution is 0.0310. The number of nitrogen functional groups attached to an aromatic ring is 1. The Bertz CT molecular complexity index is 314. The van der Waals surface area contributed by atoms with Crippen LogP contribution < -0.4 is 10.6 Å². The summed E-state index contributed by atoms with van der Waals surface area (Å²) in [5.41, 5.74) is 6.99. The van der Waals surface area contributed by atoms with E-state index in [0.29, 0.717) is 13.1 Å². The summed E-state index contributed by atoms with van der Waals surface area (Å²) in [7, 11) is 0. The summed E-state index contributed by atoms with van der Waals surface area (Å²) >= 11 is 0. The monoisotopic (exact) mass is 178 g/mol. The number of hydrogen-bond acceptors (Lipinski definition) is 3. The highest BCUT2D eigenvalue weighted by Gasteiger charge is 2.36. The number of hydrogen-bond donors (Lipinski definition) is 2. The van der Waals surface area contributed by atoms with Crippen molar-refractivity contribution in [2.75, 3.05) is 23.7 Å². The largest absolute Gasteiger partial charge is 0.399 e. The van der Waals surface area contributed by atoms with Crippen molar-refractivity contribution in [2.24, 2.45) is 0 Å². The second-order valence-corrected chi connectivity index (χ2v) is 3.95. The minimum atomic E-state index is -0.523. The first kappa shape index (κ1) is 8.38. The zero-order valence-corrected chi connectivity index (χ0v) is 7.70. The lowest BCUT2D eigenvalue weighted by Gasteiger charge is -2.45. The molecule has 1 heterocycles. The van der Waals surface area contributed by atoms with Gasteiger partial charge in [0.05, 0.1) is 5.60 Å². The molecule has 1 aromatic rings. The highest BCUT2D eigenvalue weighted by Crippen LogP contribution is 2.27. The summed E-state index contributed by atoms with van der Waals surface area (Å²) in [4.78, 5) is 2.11. The second-order valence-electron chi connectivity index (χ2n) is 3.95. The Morgan fingerprint density at radius 3 is 2.69 bits per heavy atom. The molecular weight excluding hydrogens is 164 g/mol. The van der Waals surface area contributed by atoms with Gasteiger partial charge < -0.3 is 15.7 Å². The first-order chi connectivity index (χ1) is 6.07. The number of rotatable bonds is 1. The van der Waals surface area contributed by atoms with Crippen LogP contribution in [0.4, 0.5) is 11.4 Å². The summed E-state index contributed by atoms with van der Waals surface area (Å²) in [5.74, 6) is 0. The highest BCUT2D eigenvalue weighted by molar-refractivity contribution is 5.57. The molecule has 1 saturated heterocycles. The number of aliphatic hydroxyl groups is 1. The molecule has 0 bridgehead atoms. The maximum Gasteiger partial charge on any atom is 0.0967 e. The zero-order valence-electron chi connectivity index (χ0n) is 7.70. The summed E-state index contributed by atoms with van der Waals surface area (Å²) < 4.78 is 0. The predicted octanol–water partition coefficient (Wildman–Crippen LogP) is 0.840. The fraction of sp³-hybridized carbons (Fsp3) is 0.400. The molecule has 0 spiro atoms. The van der Waals surface area contributed by atoms with E-state index in [1.807, 2.05) is 31.2 Å². The molecule has 70 valence electrons. The maximum atomic E-state index is 9.54. The van der Waals surface area contributed by atoms with Gasteiger partial charge in [-0.15, -0.1) is 0 Å². The van der Waals surface area contributed by atoms with E-state index in [4.69, 9.17) is 5.73 Å². The third kappa shape index (κ3) is 1.60. The van der Waals surface area contributed by atoms with Gasteiger partial charge in [-0.2, -0.15) is 0 Å². The molecule has 13 heavy (non-hydrogen) atoms. The van der Waals surface area contributed by atoms with E-state index in [0.717, 1.165) is 11.4 Å². The van der Waals surface area contributed by atoms with E-state index in [1.54, 1.807) is 0 Å². The van der Waals surface area contributed by atoms with Crippen LogP contribution >= 0.6 is 0 Å². The second kappa shape index (κ2) is 2.64. The molecule has 1 aliphatic rings. The SMILES string of the molecule is CC1(O)CN(c2cccc(N)c2)C1. The zero-order chi connectivity index (χ0) is 9.47. The van der Waals surface area contributed by atoms with Crippen LogP contribution in [-0.4, -0.2) is 23.8 Å². The summed E-state index contributed by atoms with van der Waals surface area (Å²) in [6.45, 7) is 3.22. The van der Waals surface area contributed by atoms with Crippen molar-refractivity contribution in [1.29, 1.82) is 0 Å². The highest BCUT2D eigenvalue weighted by atomic mass is 16.3. The fourth-order valence-electron chi connectivity index (χ4n) is 1.68. The van der Waals surface area contributed by atoms with Gasteiger partial charge in [0.15, 0.2) is 0 Å². The van der Waals surface area contributed by atoms with Gasteiger partial charge in [-0.25, -0.2) is 0 Å². The van der Waals surface area contributed by atoms with Crippen LogP contribution in [-0.2, 0) is 0 Å². The van der Waals surface area contributed by atoms with Gasteiger partial charge in [-0.1, -0.05) is 6.07 Å². The van der Waals surface area contributed by atoms with Gasteiger partial charge in [0.2, 0.25) is 0 Å². The van der Waals surface area contributed by atoms with Crippen molar-refractivity contribution in [3.8, 4) is 0 Å². The van der Waals surface area contributed by atoms with Crippen molar-refractivity contribution in [3.63, 3.8) is 0 Å². The Hall–Kier alpha value is -1.22. The Morgan fingerprint density at radius 2 is 2.15 bits per heavy atom. The number of nitrogens with zero attached hydrogens (tertiary/aromatic N) is 1. The smallest absolute Gasteiger partial charge is 0.0967 e. The van der Waals surface area contributed by atoms with Crippen LogP contribution in [0.1, 0.15) is 6.92 Å². The topological polar surface area (TPSA) is 49.5 Å². The van der Waals surface area contributed by atoms with Gasteiger partial charge in [-0.05, 0) is 25.1 Å². The van der Waals surface area contributed by atoms with E-state index in [2.05, 4.69) is 4.90 Å². The van der Waals surface area contributed by atoms with E-state index < -0.39 is 5.60 Å².